The van der Waals surface area contributed by atoms with Crippen LogP contribution in [0.1, 0.15) is 28.3 Å². The Hall–Kier alpha value is -1.63. The SMILES string of the molecule is CCc1ccc(C(C#N)NCc2ccccc2)s1. The smallest absolute Gasteiger partial charge is 0.130 e. The maximum Gasteiger partial charge on any atom is 0.130 e. The van der Waals surface area contributed by atoms with E-state index < -0.39 is 0 Å². The van der Waals surface area contributed by atoms with Crippen molar-refractivity contribution in [2.45, 2.75) is 25.9 Å². The van der Waals surface area contributed by atoms with Crippen molar-refractivity contribution in [2.24, 2.45) is 0 Å². The summed E-state index contributed by atoms with van der Waals surface area (Å²) >= 11 is 1.72. The topological polar surface area (TPSA) is 35.8 Å². The molecule has 0 bridgehead atoms. The van der Waals surface area contributed by atoms with E-state index in [9.17, 15) is 5.26 Å². The molecule has 2 rings (SSSR count). The fourth-order valence-corrected chi connectivity index (χ4v) is 2.74. The number of hydrogen-bond acceptors (Lipinski definition) is 3. The number of hydrogen-bond donors (Lipinski definition) is 1. The van der Waals surface area contributed by atoms with Crippen molar-refractivity contribution in [3.63, 3.8) is 0 Å². The molecule has 0 aliphatic rings. The number of rotatable bonds is 5. The van der Waals surface area contributed by atoms with Crippen LogP contribution in [-0.4, -0.2) is 0 Å². The van der Waals surface area contributed by atoms with E-state index in [1.807, 2.05) is 18.2 Å². The first-order chi connectivity index (χ1) is 8.83. The van der Waals surface area contributed by atoms with Gasteiger partial charge >= 0.3 is 0 Å². The van der Waals surface area contributed by atoms with E-state index in [0.29, 0.717) is 0 Å². The molecule has 2 aromatic rings. The van der Waals surface area contributed by atoms with Gasteiger partial charge in [-0.05, 0) is 24.1 Å². The van der Waals surface area contributed by atoms with Crippen LogP contribution in [0.5, 0.6) is 0 Å². The molecule has 3 heteroatoms. The quantitative estimate of drug-likeness (QED) is 0.886. The molecule has 0 saturated carbocycles. The summed E-state index contributed by atoms with van der Waals surface area (Å²) in [6.45, 7) is 2.85. The Kier molecular flexibility index (Phi) is 4.52. The summed E-state index contributed by atoms with van der Waals surface area (Å²) in [6, 6.07) is 16.4. The Balaban J connectivity index is 2.00. The second-order valence-electron chi connectivity index (χ2n) is 4.09. The second-order valence-corrected chi connectivity index (χ2v) is 5.29. The zero-order valence-corrected chi connectivity index (χ0v) is 11.2. The highest BCUT2D eigenvalue weighted by atomic mass is 32.1. The minimum absolute atomic E-state index is 0.212. The van der Waals surface area contributed by atoms with Gasteiger partial charge in [0.05, 0.1) is 6.07 Å². The normalized spacial score (nSPS) is 12.0. The van der Waals surface area contributed by atoms with Gasteiger partial charge in [-0.15, -0.1) is 11.3 Å². The van der Waals surface area contributed by atoms with Crippen molar-refractivity contribution in [1.29, 1.82) is 5.26 Å². The lowest BCUT2D eigenvalue weighted by molar-refractivity contribution is 0.638. The summed E-state index contributed by atoms with van der Waals surface area (Å²) in [5.74, 6) is 0. The predicted octanol–water partition coefficient (Wildman–Crippen LogP) is 3.66. The van der Waals surface area contributed by atoms with Crippen LogP contribution in [0.2, 0.25) is 0 Å². The molecule has 0 aliphatic carbocycles. The van der Waals surface area contributed by atoms with Gasteiger partial charge in [-0.2, -0.15) is 5.26 Å². The minimum Gasteiger partial charge on any atom is -0.293 e. The Bertz CT molecular complexity index is 525. The summed E-state index contributed by atoms with van der Waals surface area (Å²) in [6.07, 6.45) is 1.03. The molecule has 1 atom stereocenters. The fourth-order valence-electron chi connectivity index (χ4n) is 1.77. The first kappa shape index (κ1) is 12.8. The van der Waals surface area contributed by atoms with Crippen LogP contribution in [0.4, 0.5) is 0 Å². The average molecular weight is 256 g/mol. The Morgan fingerprint density at radius 1 is 1.22 bits per heavy atom. The number of thiophene rings is 1. The molecule has 18 heavy (non-hydrogen) atoms. The van der Waals surface area contributed by atoms with Crippen molar-refractivity contribution in [1.82, 2.24) is 5.32 Å². The molecule has 92 valence electrons. The molecule has 0 radical (unpaired) electrons. The van der Waals surface area contributed by atoms with Crippen LogP contribution < -0.4 is 5.32 Å². The van der Waals surface area contributed by atoms with Crippen LogP contribution in [0.15, 0.2) is 42.5 Å². The molecule has 1 aromatic carbocycles. The zero-order chi connectivity index (χ0) is 12.8. The van der Waals surface area contributed by atoms with Crippen LogP contribution >= 0.6 is 11.3 Å². The summed E-state index contributed by atoms with van der Waals surface area (Å²) in [4.78, 5) is 2.43. The molecule has 0 amide bonds. The number of aryl methyl sites for hydroxylation is 1. The second kappa shape index (κ2) is 6.34. The largest absolute Gasteiger partial charge is 0.293 e. The highest BCUT2D eigenvalue weighted by Crippen LogP contribution is 2.23. The van der Waals surface area contributed by atoms with E-state index in [0.717, 1.165) is 17.8 Å². The van der Waals surface area contributed by atoms with Crippen molar-refractivity contribution < 1.29 is 0 Å². The average Bonchev–Trinajstić information content (AvgIpc) is 2.89. The third-order valence-electron chi connectivity index (χ3n) is 2.80. The lowest BCUT2D eigenvalue weighted by Gasteiger charge is -2.09. The van der Waals surface area contributed by atoms with E-state index in [-0.39, 0.29) is 6.04 Å². The number of nitrogens with zero attached hydrogens (tertiary/aromatic N) is 1. The number of benzene rings is 1. The third-order valence-corrected chi connectivity index (χ3v) is 4.09. The maximum absolute atomic E-state index is 9.23. The van der Waals surface area contributed by atoms with Crippen LogP contribution in [-0.2, 0) is 13.0 Å². The standard InChI is InChI=1S/C15H16N2S/c1-2-13-8-9-15(18-13)14(10-16)17-11-12-6-4-3-5-7-12/h3-9,14,17H,2,11H2,1H3. The summed E-state index contributed by atoms with van der Waals surface area (Å²) in [5, 5.41) is 12.5. The molecule has 1 N–H and O–H groups in total. The lowest BCUT2D eigenvalue weighted by atomic mass is 10.2. The van der Waals surface area contributed by atoms with Gasteiger partial charge in [0.2, 0.25) is 0 Å². The zero-order valence-electron chi connectivity index (χ0n) is 10.4. The first-order valence-electron chi connectivity index (χ1n) is 6.09. The fraction of sp³-hybridized carbons (Fsp3) is 0.267. The molecule has 0 spiro atoms. The van der Waals surface area contributed by atoms with Gasteiger partial charge in [0.1, 0.15) is 6.04 Å². The molecule has 1 heterocycles. The summed E-state index contributed by atoms with van der Waals surface area (Å²) < 4.78 is 0. The Morgan fingerprint density at radius 2 is 2.00 bits per heavy atom. The van der Waals surface area contributed by atoms with Crippen LogP contribution in [0, 0.1) is 11.3 Å². The molecule has 1 aromatic heterocycles. The van der Waals surface area contributed by atoms with E-state index in [1.54, 1.807) is 11.3 Å². The summed E-state index contributed by atoms with van der Waals surface area (Å²) in [7, 11) is 0. The Labute approximate surface area is 112 Å². The van der Waals surface area contributed by atoms with Crippen LogP contribution in [0.25, 0.3) is 0 Å². The molecular weight excluding hydrogens is 240 g/mol. The van der Waals surface area contributed by atoms with E-state index >= 15 is 0 Å². The lowest BCUT2D eigenvalue weighted by Crippen LogP contribution is -2.18. The van der Waals surface area contributed by atoms with Crippen molar-refractivity contribution in [3.8, 4) is 6.07 Å². The van der Waals surface area contributed by atoms with Gasteiger partial charge in [0.15, 0.2) is 0 Å². The monoisotopic (exact) mass is 256 g/mol. The number of nitriles is 1. The third kappa shape index (κ3) is 3.19. The predicted molar refractivity (Wildman–Crippen MR) is 75.3 cm³/mol. The number of nitrogens with one attached hydrogen (secondary N) is 1. The maximum atomic E-state index is 9.23. The summed E-state index contributed by atoms with van der Waals surface area (Å²) in [5.41, 5.74) is 1.20. The minimum atomic E-state index is -0.212. The van der Waals surface area contributed by atoms with Gasteiger partial charge in [-0.25, -0.2) is 0 Å². The highest BCUT2D eigenvalue weighted by molar-refractivity contribution is 7.12. The van der Waals surface area contributed by atoms with E-state index in [4.69, 9.17) is 0 Å². The van der Waals surface area contributed by atoms with Gasteiger partial charge in [0.25, 0.3) is 0 Å². The van der Waals surface area contributed by atoms with Crippen LogP contribution in [0.3, 0.4) is 0 Å². The molecule has 1 unspecified atom stereocenters. The first-order valence-corrected chi connectivity index (χ1v) is 6.90. The van der Waals surface area contributed by atoms with E-state index in [2.05, 4.69) is 42.6 Å². The molecule has 2 nitrogen and oxygen atoms in total. The molecule has 0 saturated heterocycles. The van der Waals surface area contributed by atoms with Crippen molar-refractivity contribution >= 4 is 11.3 Å². The van der Waals surface area contributed by atoms with Crippen molar-refractivity contribution in [3.05, 3.63) is 57.8 Å². The van der Waals surface area contributed by atoms with Gasteiger partial charge < -0.3 is 0 Å². The molecule has 0 fully saturated rings. The van der Waals surface area contributed by atoms with Gasteiger partial charge in [-0.3, -0.25) is 5.32 Å². The van der Waals surface area contributed by atoms with Gasteiger partial charge in [0, 0.05) is 16.3 Å². The van der Waals surface area contributed by atoms with E-state index in [1.165, 1.54) is 10.4 Å². The molecule has 0 aliphatic heterocycles. The van der Waals surface area contributed by atoms with Gasteiger partial charge in [-0.1, -0.05) is 37.3 Å². The van der Waals surface area contributed by atoms with Crippen molar-refractivity contribution in [2.75, 3.05) is 0 Å². The highest BCUT2D eigenvalue weighted by Gasteiger charge is 2.12. The molecular formula is C15H16N2S. The Morgan fingerprint density at radius 3 is 2.61 bits per heavy atom.